The molecule has 2 aromatic rings. The summed E-state index contributed by atoms with van der Waals surface area (Å²) in [6, 6.07) is 8.79. The van der Waals surface area contributed by atoms with E-state index in [2.05, 4.69) is 17.0 Å². The maximum Gasteiger partial charge on any atom is 0.118 e. The second kappa shape index (κ2) is 6.71. The molecular weight excluding hydrogens is 276 g/mol. The standard InChI is InChI=1S/C18H26N2O2/c1-13-7-9-15(21-13)11-20(12-16-10-8-14(2)22-16)18-6-4-3-5-17(18)19/h7-10,17-18H,3-6,11-12,19H2,1-2H3. The fraction of sp³-hybridized carbons (Fsp3) is 0.556. The van der Waals surface area contributed by atoms with Gasteiger partial charge >= 0.3 is 0 Å². The Morgan fingerprint density at radius 3 is 1.95 bits per heavy atom. The van der Waals surface area contributed by atoms with Crippen molar-refractivity contribution in [2.24, 2.45) is 5.73 Å². The minimum absolute atomic E-state index is 0.237. The molecular formula is C18H26N2O2. The SMILES string of the molecule is Cc1ccc(CN(Cc2ccc(C)o2)C2CCCCC2N)o1. The first-order valence-electron chi connectivity index (χ1n) is 8.22. The average Bonchev–Trinajstić information content (AvgIpc) is 3.08. The van der Waals surface area contributed by atoms with E-state index in [1.165, 1.54) is 12.8 Å². The molecule has 0 bridgehead atoms. The van der Waals surface area contributed by atoms with Gasteiger partial charge in [-0.1, -0.05) is 12.8 Å². The number of nitrogens with two attached hydrogens (primary N) is 1. The van der Waals surface area contributed by atoms with Gasteiger partial charge in [0.2, 0.25) is 0 Å². The predicted molar refractivity (Wildman–Crippen MR) is 86.4 cm³/mol. The molecule has 3 rings (SSSR count). The van der Waals surface area contributed by atoms with Gasteiger partial charge in [-0.15, -0.1) is 0 Å². The van der Waals surface area contributed by atoms with Crippen molar-refractivity contribution in [3.63, 3.8) is 0 Å². The second-order valence-electron chi connectivity index (χ2n) is 6.45. The highest BCUT2D eigenvalue weighted by Gasteiger charge is 2.29. The van der Waals surface area contributed by atoms with Gasteiger partial charge in [0, 0.05) is 12.1 Å². The lowest BCUT2D eigenvalue weighted by Gasteiger charge is -2.37. The summed E-state index contributed by atoms with van der Waals surface area (Å²) in [5.41, 5.74) is 6.39. The minimum Gasteiger partial charge on any atom is -0.465 e. The number of rotatable bonds is 5. The highest BCUT2D eigenvalue weighted by Crippen LogP contribution is 2.26. The van der Waals surface area contributed by atoms with E-state index >= 15 is 0 Å². The topological polar surface area (TPSA) is 55.5 Å². The van der Waals surface area contributed by atoms with Crippen LogP contribution in [0.3, 0.4) is 0 Å². The summed E-state index contributed by atoms with van der Waals surface area (Å²) in [7, 11) is 0. The molecule has 0 amide bonds. The Bertz CT molecular complexity index is 560. The van der Waals surface area contributed by atoms with E-state index in [0.717, 1.165) is 49.0 Å². The number of furan rings is 2. The summed E-state index contributed by atoms with van der Waals surface area (Å²) in [6.07, 6.45) is 4.75. The van der Waals surface area contributed by atoms with E-state index in [9.17, 15) is 0 Å². The largest absolute Gasteiger partial charge is 0.465 e. The molecule has 2 heterocycles. The van der Waals surface area contributed by atoms with Gasteiger partial charge in [-0.2, -0.15) is 0 Å². The number of hydrogen-bond donors (Lipinski definition) is 1. The first-order valence-corrected chi connectivity index (χ1v) is 8.22. The van der Waals surface area contributed by atoms with E-state index < -0.39 is 0 Å². The molecule has 1 aliphatic carbocycles. The average molecular weight is 302 g/mol. The molecule has 120 valence electrons. The summed E-state index contributed by atoms with van der Waals surface area (Å²) in [5, 5.41) is 0. The lowest BCUT2D eigenvalue weighted by atomic mass is 9.89. The predicted octanol–water partition coefficient (Wildman–Crippen LogP) is 3.76. The normalized spacial score (nSPS) is 22.4. The molecule has 1 fully saturated rings. The molecule has 2 unspecified atom stereocenters. The van der Waals surface area contributed by atoms with Crippen molar-refractivity contribution < 1.29 is 8.83 Å². The molecule has 22 heavy (non-hydrogen) atoms. The van der Waals surface area contributed by atoms with Crippen LogP contribution < -0.4 is 5.73 Å². The van der Waals surface area contributed by atoms with Crippen LogP contribution >= 0.6 is 0 Å². The van der Waals surface area contributed by atoms with Crippen molar-refractivity contribution in [3.05, 3.63) is 47.3 Å². The summed E-state index contributed by atoms with van der Waals surface area (Å²) in [5.74, 6) is 3.91. The Labute approximate surface area is 132 Å². The maximum atomic E-state index is 6.39. The summed E-state index contributed by atoms with van der Waals surface area (Å²) in [6.45, 7) is 5.53. The zero-order valence-corrected chi connectivity index (χ0v) is 13.5. The summed E-state index contributed by atoms with van der Waals surface area (Å²) < 4.78 is 11.5. The Morgan fingerprint density at radius 1 is 0.955 bits per heavy atom. The fourth-order valence-electron chi connectivity index (χ4n) is 3.42. The monoisotopic (exact) mass is 302 g/mol. The van der Waals surface area contributed by atoms with Gasteiger partial charge in [0.05, 0.1) is 13.1 Å². The number of hydrogen-bond acceptors (Lipinski definition) is 4. The highest BCUT2D eigenvalue weighted by molar-refractivity contribution is 5.08. The quantitative estimate of drug-likeness (QED) is 0.913. The van der Waals surface area contributed by atoms with Gasteiger partial charge in [0.15, 0.2) is 0 Å². The minimum atomic E-state index is 0.237. The molecule has 2 atom stereocenters. The molecule has 2 N–H and O–H groups in total. The van der Waals surface area contributed by atoms with Crippen LogP contribution in [0.25, 0.3) is 0 Å². The van der Waals surface area contributed by atoms with Crippen LogP contribution in [0.15, 0.2) is 33.1 Å². The van der Waals surface area contributed by atoms with Crippen molar-refractivity contribution in [1.82, 2.24) is 4.90 Å². The van der Waals surface area contributed by atoms with Crippen LogP contribution in [-0.2, 0) is 13.1 Å². The molecule has 2 aromatic heterocycles. The van der Waals surface area contributed by atoms with E-state index in [-0.39, 0.29) is 6.04 Å². The third-order valence-electron chi connectivity index (χ3n) is 4.56. The van der Waals surface area contributed by atoms with Gasteiger partial charge in [0.1, 0.15) is 23.0 Å². The van der Waals surface area contributed by atoms with Crippen LogP contribution in [0.5, 0.6) is 0 Å². The van der Waals surface area contributed by atoms with Crippen molar-refractivity contribution in [1.29, 1.82) is 0 Å². The highest BCUT2D eigenvalue weighted by atomic mass is 16.3. The van der Waals surface area contributed by atoms with Crippen molar-refractivity contribution in [3.8, 4) is 0 Å². The fourth-order valence-corrected chi connectivity index (χ4v) is 3.42. The molecule has 0 aliphatic heterocycles. The molecule has 4 nitrogen and oxygen atoms in total. The van der Waals surface area contributed by atoms with Gasteiger partial charge in [-0.25, -0.2) is 0 Å². The van der Waals surface area contributed by atoms with E-state index in [1.54, 1.807) is 0 Å². The molecule has 0 spiro atoms. The zero-order chi connectivity index (χ0) is 15.5. The Kier molecular flexibility index (Phi) is 4.69. The zero-order valence-electron chi connectivity index (χ0n) is 13.5. The van der Waals surface area contributed by atoms with E-state index in [4.69, 9.17) is 14.6 Å². The van der Waals surface area contributed by atoms with Crippen LogP contribution in [-0.4, -0.2) is 17.0 Å². The van der Waals surface area contributed by atoms with Gasteiger partial charge in [0.25, 0.3) is 0 Å². The summed E-state index contributed by atoms with van der Waals surface area (Å²) in [4.78, 5) is 2.42. The summed E-state index contributed by atoms with van der Waals surface area (Å²) >= 11 is 0. The first kappa shape index (κ1) is 15.4. The van der Waals surface area contributed by atoms with Crippen LogP contribution in [0.1, 0.15) is 48.7 Å². The Hall–Kier alpha value is -1.52. The van der Waals surface area contributed by atoms with Gasteiger partial charge in [-0.3, -0.25) is 4.90 Å². The van der Waals surface area contributed by atoms with Crippen LogP contribution in [0.2, 0.25) is 0 Å². The van der Waals surface area contributed by atoms with Crippen molar-refractivity contribution in [2.45, 2.75) is 64.7 Å². The molecule has 0 aromatic carbocycles. The Morgan fingerprint density at radius 2 is 1.50 bits per heavy atom. The molecule has 0 saturated heterocycles. The van der Waals surface area contributed by atoms with Crippen molar-refractivity contribution in [2.75, 3.05) is 0 Å². The van der Waals surface area contributed by atoms with Crippen molar-refractivity contribution >= 4 is 0 Å². The number of nitrogens with zero attached hydrogens (tertiary/aromatic N) is 1. The molecule has 1 aliphatic rings. The van der Waals surface area contributed by atoms with Crippen LogP contribution in [0, 0.1) is 13.8 Å². The molecule has 1 saturated carbocycles. The van der Waals surface area contributed by atoms with Gasteiger partial charge in [-0.05, 0) is 51.0 Å². The third-order valence-corrected chi connectivity index (χ3v) is 4.56. The molecule has 0 radical (unpaired) electrons. The van der Waals surface area contributed by atoms with E-state index in [0.29, 0.717) is 6.04 Å². The third kappa shape index (κ3) is 3.62. The van der Waals surface area contributed by atoms with Crippen LogP contribution in [0.4, 0.5) is 0 Å². The van der Waals surface area contributed by atoms with Gasteiger partial charge < -0.3 is 14.6 Å². The first-order chi connectivity index (χ1) is 10.6. The van der Waals surface area contributed by atoms with E-state index in [1.807, 2.05) is 26.0 Å². The smallest absolute Gasteiger partial charge is 0.118 e. The number of aryl methyl sites for hydroxylation is 2. The molecule has 4 heteroatoms. The Balaban J connectivity index is 1.77. The lowest BCUT2D eigenvalue weighted by Crippen LogP contribution is -2.48. The lowest BCUT2D eigenvalue weighted by molar-refractivity contribution is 0.105. The maximum absolute atomic E-state index is 6.39. The second-order valence-corrected chi connectivity index (χ2v) is 6.45.